The fourth-order valence-corrected chi connectivity index (χ4v) is 1.14. The van der Waals surface area contributed by atoms with Gasteiger partial charge in [0.05, 0.1) is 0 Å². The first-order valence-corrected chi connectivity index (χ1v) is 18.3. The molecule has 0 saturated heterocycles. The maximum Gasteiger partial charge on any atom is 2.00 e. The molecule has 0 aliphatic carbocycles. The van der Waals surface area contributed by atoms with E-state index in [1.54, 1.807) is 0 Å². The fourth-order valence-electron chi connectivity index (χ4n) is 0.381. The van der Waals surface area contributed by atoms with Crippen molar-refractivity contribution in [2.24, 2.45) is 22.9 Å². The van der Waals surface area contributed by atoms with Crippen LogP contribution in [0.5, 0.6) is 0 Å². The topological polar surface area (TPSA) is 787 Å². The molecule has 0 heterocycles. The van der Waals surface area contributed by atoms with Gasteiger partial charge in [0.25, 0.3) is 0 Å². The average molecular weight is 1310 g/mol. The van der Waals surface area contributed by atoms with Crippen molar-refractivity contribution in [1.29, 1.82) is 0 Å². The van der Waals surface area contributed by atoms with Crippen LogP contribution in [0.1, 0.15) is 55.4 Å². The molecule has 48 heteroatoms. The number of hydrogen-bond acceptors (Lipinski definition) is 42. The van der Waals surface area contributed by atoms with E-state index in [0.29, 0.717) is 0 Å². The summed E-state index contributed by atoms with van der Waals surface area (Å²) in [5, 5.41) is 71.1. The Labute approximate surface area is 510 Å². The summed E-state index contributed by atoms with van der Waals surface area (Å²) in [4.78, 5) is 135. The van der Waals surface area contributed by atoms with E-state index in [1.807, 2.05) is 54.3 Å². The predicted molar refractivity (Wildman–Crippen MR) is 216 cm³/mol. The molecule has 0 fully saturated rings. The summed E-state index contributed by atoms with van der Waals surface area (Å²) >= 11 is -1.50. The zero-order valence-electron chi connectivity index (χ0n) is 41.6. The summed E-state index contributed by atoms with van der Waals surface area (Å²) in [5.41, 5.74) is 19.3. The summed E-state index contributed by atoms with van der Waals surface area (Å²) in [6.45, 7) is 23.4. The van der Waals surface area contributed by atoms with Gasteiger partial charge >= 0.3 is 93.3 Å². The molecule has 0 aromatic rings. The zero-order valence-corrected chi connectivity index (χ0v) is 51.0. The van der Waals surface area contributed by atoms with Crippen molar-refractivity contribution in [2.45, 2.75) is 67.8 Å². The molecule has 0 spiro atoms. The van der Waals surface area contributed by atoms with E-state index >= 15 is 0 Å². The molecule has 0 rings (SSSR count). The Bertz CT molecular complexity index is 1100. The van der Waals surface area contributed by atoms with Gasteiger partial charge in [-0.1, -0.05) is 0 Å². The standard InChI is InChI=1S/2C2H8N2O4S.8C2H4O2.8CH2O.2Fe.2Na.2H2O2S/c2*3-1-2(4)8-9(5,6)7;8*1-2(3)4;8*1-2;;;;;2*1-3-2/h2*2H,1,3-4H2,(H,5,6,7);8*1H3,(H,3,4);8*1H2;;;;;2*1-2H/q;;;;;;;;;;;;;;;;;;2*+2;2*+1;;/p-14. The quantitative estimate of drug-likeness (QED) is 0.0631. The van der Waals surface area contributed by atoms with E-state index in [0.717, 1.165) is 55.4 Å². The van der Waals surface area contributed by atoms with Gasteiger partial charge in [0.15, 0.2) is 0 Å². The van der Waals surface area contributed by atoms with Gasteiger partial charge in [-0.2, -0.15) is 0 Å². The third kappa shape index (κ3) is 3190. The molecule has 2 atom stereocenters. The first kappa shape index (κ1) is 158. The summed E-state index contributed by atoms with van der Waals surface area (Å²) in [6, 6.07) is 0. The Morgan fingerprint density at radius 3 is 0.434 bits per heavy atom. The van der Waals surface area contributed by atoms with Crippen molar-refractivity contribution in [2.75, 3.05) is 13.1 Å². The molecular formula is C28H54Fe2N4Na2O36S4-8. The number of carboxylic acids is 8. The van der Waals surface area contributed by atoms with Crippen molar-refractivity contribution < 1.29 is 263 Å². The molecule has 0 aliphatic rings. The predicted octanol–water partition coefficient (Wildman–Crippen LogP) is -22.1. The third-order valence-corrected chi connectivity index (χ3v) is 1.91. The molecule has 452 valence electrons. The van der Waals surface area contributed by atoms with Crippen LogP contribution in [-0.2, 0) is 140 Å². The van der Waals surface area contributed by atoms with Crippen LogP contribution < -0.4 is 123 Å². The molecule has 0 amide bonds. The van der Waals surface area contributed by atoms with Gasteiger partial charge in [-0.25, -0.2) is 16.8 Å². The molecule has 40 nitrogen and oxygen atoms in total. The minimum Gasteiger partial charge on any atom is -0.811 e. The second-order valence-corrected chi connectivity index (χ2v) is 8.92. The smallest absolute Gasteiger partial charge is 0.811 e. The number of hydrogen-bond donors (Lipinski definition) is 4. The van der Waals surface area contributed by atoms with Crippen LogP contribution in [0.3, 0.4) is 0 Å². The summed E-state index contributed by atoms with van der Waals surface area (Å²) in [5.74, 6) is -8.67. The number of aliphatic carboxylic acids is 8. The van der Waals surface area contributed by atoms with Gasteiger partial charge < -0.3 is 192 Å². The zero-order chi connectivity index (χ0) is 65.0. The van der Waals surface area contributed by atoms with Gasteiger partial charge in [0.1, 0.15) is 66.8 Å². The van der Waals surface area contributed by atoms with E-state index < -0.39 is 106 Å². The van der Waals surface area contributed by atoms with Crippen molar-refractivity contribution >= 4 is 148 Å². The molecule has 0 radical (unpaired) electrons. The van der Waals surface area contributed by atoms with Crippen LogP contribution in [0.25, 0.3) is 0 Å². The van der Waals surface area contributed by atoms with E-state index in [2.05, 4.69) is 8.37 Å². The minimum atomic E-state index is -4.69. The fraction of sp³-hybridized carbons (Fsp3) is 0.429. The van der Waals surface area contributed by atoms with E-state index in [-0.39, 0.29) is 106 Å². The Morgan fingerprint density at radius 2 is 0.421 bits per heavy atom. The summed E-state index contributed by atoms with van der Waals surface area (Å²) in [7, 11) is -9.38. The van der Waals surface area contributed by atoms with Gasteiger partial charge in [-0.05, 0) is 55.4 Å². The van der Waals surface area contributed by atoms with Gasteiger partial charge in [-0.3, -0.25) is 8.37 Å². The Morgan fingerprint density at radius 1 is 0.368 bits per heavy atom. The molecule has 8 N–H and O–H groups in total. The number of rotatable bonds is 6. The summed E-state index contributed by atoms with van der Waals surface area (Å²) < 4.78 is 98.6. The van der Waals surface area contributed by atoms with Crippen molar-refractivity contribution in [3.05, 3.63) is 0 Å². The second kappa shape index (κ2) is 180. The van der Waals surface area contributed by atoms with Crippen LogP contribution >= 0.6 is 24.6 Å². The number of nitrogens with two attached hydrogens (primary N) is 4. The SMILES string of the molecule is C=O.C=O.C=O.C=O.C=O.C=O.C=O.C=O.CC(=O)[O-].CC(=O)[O-].CC(=O)[O-].CC(=O)[O-].CC(=O)[O-].CC(=O)[O-].CC(=O)[O-].CC(=O)[O-].NCC(N)OS(=O)(=O)[O-].NCC(N)OS(=O)(=O)[O-].[Fe+2].[Fe+2].[Na+].[Na+].[O-]S[O-].[O-]S[O-]. The third-order valence-electron chi connectivity index (χ3n) is 0.948. The number of carbonyl (C=O) groups excluding carboxylic acids is 16. The average Bonchev–Trinajstić information content (AvgIpc) is 3.22. The first-order chi connectivity index (χ1) is 32.6. The monoisotopic (exact) mass is 1310 g/mol. The van der Waals surface area contributed by atoms with Gasteiger partial charge in [0, 0.05) is 60.8 Å². The Hall–Kier alpha value is -3.72. The number of carbonyl (C=O) groups is 16. The van der Waals surface area contributed by atoms with E-state index in [4.69, 9.17) is 159 Å². The minimum absolute atomic E-state index is 0. The Balaban J connectivity index is -0.0000000174. The van der Waals surface area contributed by atoms with Crippen molar-refractivity contribution in [3.63, 3.8) is 0 Å². The molecular weight excluding hydrogens is 1250 g/mol. The largest absolute Gasteiger partial charge is 2.00 e. The molecule has 76 heavy (non-hydrogen) atoms. The van der Waals surface area contributed by atoms with E-state index in [9.17, 15) is 25.9 Å². The van der Waals surface area contributed by atoms with Crippen LogP contribution in [0.15, 0.2) is 0 Å². The number of carboxylic acid groups (broad SMARTS) is 8. The molecule has 0 aliphatic heterocycles. The van der Waals surface area contributed by atoms with Gasteiger partial charge in [0.2, 0.25) is 20.8 Å². The first-order valence-electron chi connectivity index (χ1n) is 14.3. The summed E-state index contributed by atoms with van der Waals surface area (Å²) in [6.07, 6.45) is -2.46. The molecule has 2 unspecified atom stereocenters. The van der Waals surface area contributed by atoms with Crippen molar-refractivity contribution in [1.82, 2.24) is 0 Å². The maximum absolute atomic E-state index is 9.69. The van der Waals surface area contributed by atoms with Crippen LogP contribution in [0.4, 0.5) is 0 Å². The molecule has 0 bridgehead atoms. The maximum atomic E-state index is 9.69. The van der Waals surface area contributed by atoms with Crippen LogP contribution in [0.2, 0.25) is 0 Å². The molecule has 0 aromatic carbocycles. The van der Waals surface area contributed by atoms with Gasteiger partial charge in [-0.15, -0.1) is 0 Å². The van der Waals surface area contributed by atoms with Crippen LogP contribution in [-0.4, -0.2) is 172 Å². The Kier molecular flexibility index (Phi) is 372. The molecule has 0 saturated carbocycles. The van der Waals surface area contributed by atoms with Crippen molar-refractivity contribution in [3.8, 4) is 0 Å². The second-order valence-electron chi connectivity index (χ2n) is 6.63. The van der Waals surface area contributed by atoms with Crippen LogP contribution in [0, 0.1) is 0 Å². The van der Waals surface area contributed by atoms with E-state index in [1.165, 1.54) is 0 Å². The molecule has 0 aromatic heterocycles. The normalized spacial score (nSPS) is 7.18.